The Morgan fingerprint density at radius 2 is 1.48 bits per heavy atom. The molecule has 0 heterocycles. The van der Waals surface area contributed by atoms with Gasteiger partial charge < -0.3 is 20.8 Å². The maximum atomic E-state index is 13.9. The summed E-state index contributed by atoms with van der Waals surface area (Å²) in [6.45, 7) is 9.93. The van der Waals surface area contributed by atoms with Gasteiger partial charge in [-0.05, 0) is 43.5 Å². The van der Waals surface area contributed by atoms with Crippen LogP contribution in [0.1, 0.15) is 44.7 Å². The predicted octanol–water partition coefficient (Wildman–Crippen LogP) is 5.78. The van der Waals surface area contributed by atoms with Gasteiger partial charge in [-0.25, -0.2) is 8.78 Å². The second-order valence-electron chi connectivity index (χ2n) is 6.61. The maximum Gasteiger partial charge on any atom is 0.184 e. The third-order valence-corrected chi connectivity index (χ3v) is 3.97. The summed E-state index contributed by atoms with van der Waals surface area (Å²) in [6, 6.07) is 8.37. The van der Waals surface area contributed by atoms with Crippen LogP contribution in [0.4, 0.5) is 25.8 Å². The maximum absolute atomic E-state index is 13.9. The molecule has 0 aliphatic heterocycles. The summed E-state index contributed by atoms with van der Waals surface area (Å²) < 4.78 is 27.2. The average molecular weight is 411 g/mol. The summed E-state index contributed by atoms with van der Waals surface area (Å²) in [5, 5.41) is 21.0. The Labute approximate surface area is 174 Å². The van der Waals surface area contributed by atoms with Crippen molar-refractivity contribution >= 4 is 17.1 Å². The molecule has 0 saturated heterocycles. The number of hydrogen-bond donors (Lipinski definition) is 4. The molecule has 0 bridgehead atoms. The van der Waals surface area contributed by atoms with Gasteiger partial charge in [0.1, 0.15) is 5.69 Å². The highest BCUT2D eigenvalue weighted by atomic mass is 19.2. The molecule has 0 atom stereocenters. The summed E-state index contributed by atoms with van der Waals surface area (Å²) in [4.78, 5) is 0. The van der Waals surface area contributed by atoms with Crippen LogP contribution in [0.2, 0.25) is 0 Å². The standard InChI is InChI=1S/C15H16F2N2.C4H8.C2H6O2.C2H6/c1-9-4-6-12(10(2)8-9)19-15-13(18-3)7-5-11(16)14(15)17;1-4-2-3-4;3-1-2-4;1-2/h4-8,18-19H,1-3H3;4H,2-3H2,1H3;3-4H,1-2H2;1-2H3. The van der Waals surface area contributed by atoms with Crippen LogP contribution < -0.4 is 10.6 Å². The number of nitrogens with one attached hydrogen (secondary N) is 2. The van der Waals surface area contributed by atoms with Crippen molar-refractivity contribution in [2.75, 3.05) is 30.9 Å². The summed E-state index contributed by atoms with van der Waals surface area (Å²) in [5.74, 6) is -0.668. The minimum Gasteiger partial charge on any atom is -0.394 e. The summed E-state index contributed by atoms with van der Waals surface area (Å²) in [5.41, 5.74) is 3.49. The first-order chi connectivity index (χ1) is 13.8. The van der Waals surface area contributed by atoms with E-state index in [1.54, 1.807) is 7.05 Å². The zero-order valence-corrected chi connectivity index (χ0v) is 18.4. The lowest BCUT2D eigenvalue weighted by Crippen LogP contribution is -2.03. The zero-order chi connectivity index (χ0) is 22.4. The van der Waals surface area contributed by atoms with E-state index >= 15 is 0 Å². The Morgan fingerprint density at radius 1 is 0.966 bits per heavy atom. The van der Waals surface area contributed by atoms with E-state index < -0.39 is 11.6 Å². The topological polar surface area (TPSA) is 64.5 Å². The first-order valence-electron chi connectivity index (χ1n) is 10.1. The van der Waals surface area contributed by atoms with Crippen LogP contribution in [0, 0.1) is 31.4 Å². The van der Waals surface area contributed by atoms with Crippen molar-refractivity contribution in [1.29, 1.82) is 0 Å². The van der Waals surface area contributed by atoms with Crippen LogP contribution in [-0.4, -0.2) is 30.5 Å². The summed E-state index contributed by atoms with van der Waals surface area (Å²) in [6.07, 6.45) is 2.97. The predicted molar refractivity (Wildman–Crippen MR) is 119 cm³/mol. The van der Waals surface area contributed by atoms with Gasteiger partial charge in [0.15, 0.2) is 11.6 Å². The fourth-order valence-corrected chi connectivity index (χ4v) is 2.14. The molecule has 1 aliphatic rings. The van der Waals surface area contributed by atoms with Crippen LogP contribution >= 0.6 is 0 Å². The smallest absolute Gasteiger partial charge is 0.184 e. The number of halogens is 2. The third kappa shape index (κ3) is 10.2. The molecule has 164 valence electrons. The number of hydrogen-bond acceptors (Lipinski definition) is 4. The van der Waals surface area contributed by atoms with Crippen LogP contribution in [-0.2, 0) is 0 Å². The number of aryl methyl sites for hydroxylation is 2. The molecule has 1 saturated carbocycles. The Bertz CT molecular complexity index is 718. The van der Waals surface area contributed by atoms with E-state index in [9.17, 15) is 8.78 Å². The van der Waals surface area contributed by atoms with Crippen LogP contribution in [0.15, 0.2) is 30.3 Å². The number of anilines is 3. The summed E-state index contributed by atoms with van der Waals surface area (Å²) in [7, 11) is 1.67. The van der Waals surface area contributed by atoms with Gasteiger partial charge in [-0.3, -0.25) is 0 Å². The minimum atomic E-state index is -0.883. The quantitative estimate of drug-likeness (QED) is 0.516. The molecule has 1 fully saturated rings. The largest absolute Gasteiger partial charge is 0.394 e. The molecule has 4 nitrogen and oxygen atoms in total. The lowest BCUT2D eigenvalue weighted by atomic mass is 10.1. The second kappa shape index (κ2) is 14.8. The van der Waals surface area contributed by atoms with Crippen molar-refractivity contribution in [3.8, 4) is 0 Å². The van der Waals surface area contributed by atoms with Crippen molar-refractivity contribution in [3.63, 3.8) is 0 Å². The van der Waals surface area contributed by atoms with Gasteiger partial charge in [0.05, 0.1) is 18.9 Å². The van der Waals surface area contributed by atoms with E-state index in [0.717, 1.165) is 28.8 Å². The van der Waals surface area contributed by atoms with Gasteiger partial charge in [-0.15, -0.1) is 0 Å². The number of rotatable bonds is 4. The molecule has 4 N–H and O–H groups in total. The molecule has 0 amide bonds. The van der Waals surface area contributed by atoms with Crippen molar-refractivity contribution in [1.82, 2.24) is 0 Å². The first kappa shape index (κ1) is 26.8. The fraction of sp³-hybridized carbons (Fsp3) is 0.478. The van der Waals surface area contributed by atoms with Gasteiger partial charge in [0.2, 0.25) is 0 Å². The molecule has 1 aliphatic carbocycles. The molecular weight excluding hydrogens is 374 g/mol. The molecule has 6 heteroatoms. The fourth-order valence-electron chi connectivity index (χ4n) is 2.14. The van der Waals surface area contributed by atoms with Crippen molar-refractivity contribution in [2.45, 2.75) is 47.5 Å². The van der Waals surface area contributed by atoms with Gasteiger partial charge in [-0.2, -0.15) is 0 Å². The SMILES string of the molecule is CC.CC1CC1.CNc1ccc(F)c(F)c1Nc1ccc(C)cc1C.OCCO. The Balaban J connectivity index is 0.000000649. The van der Waals surface area contributed by atoms with Crippen LogP contribution in [0.25, 0.3) is 0 Å². The van der Waals surface area contributed by atoms with E-state index in [1.165, 1.54) is 18.9 Å². The number of benzene rings is 2. The van der Waals surface area contributed by atoms with E-state index in [0.29, 0.717) is 5.69 Å². The molecule has 0 aromatic heterocycles. The average Bonchev–Trinajstić information content (AvgIpc) is 3.51. The lowest BCUT2D eigenvalue weighted by Gasteiger charge is -2.15. The minimum absolute atomic E-state index is 0.120. The molecule has 2 aromatic carbocycles. The van der Waals surface area contributed by atoms with Crippen LogP contribution in [0.3, 0.4) is 0 Å². The van der Waals surface area contributed by atoms with E-state index in [4.69, 9.17) is 10.2 Å². The van der Waals surface area contributed by atoms with Gasteiger partial charge in [-0.1, -0.05) is 51.3 Å². The Hall–Kier alpha value is -2.18. The Kier molecular flexibility index (Phi) is 13.7. The second-order valence-corrected chi connectivity index (χ2v) is 6.61. The monoisotopic (exact) mass is 410 g/mol. The molecule has 3 rings (SSSR count). The molecular formula is C23H36F2N2O2. The van der Waals surface area contributed by atoms with E-state index in [-0.39, 0.29) is 18.9 Å². The normalized spacial score (nSPS) is 11.7. The van der Waals surface area contributed by atoms with Crippen molar-refractivity contribution in [3.05, 3.63) is 53.1 Å². The molecule has 0 radical (unpaired) electrons. The van der Waals surface area contributed by atoms with Crippen molar-refractivity contribution < 1.29 is 19.0 Å². The third-order valence-electron chi connectivity index (χ3n) is 3.97. The first-order valence-corrected chi connectivity index (χ1v) is 10.1. The van der Waals surface area contributed by atoms with Gasteiger partial charge >= 0.3 is 0 Å². The Morgan fingerprint density at radius 3 is 1.90 bits per heavy atom. The highest BCUT2D eigenvalue weighted by Gasteiger charge is 2.14. The van der Waals surface area contributed by atoms with Crippen molar-refractivity contribution in [2.24, 2.45) is 5.92 Å². The molecule has 0 spiro atoms. The highest BCUT2D eigenvalue weighted by molar-refractivity contribution is 5.76. The highest BCUT2D eigenvalue weighted by Crippen LogP contribution is 2.31. The van der Waals surface area contributed by atoms with Gasteiger partial charge in [0.25, 0.3) is 0 Å². The zero-order valence-electron chi connectivity index (χ0n) is 18.4. The molecule has 29 heavy (non-hydrogen) atoms. The number of aliphatic hydroxyl groups is 2. The summed E-state index contributed by atoms with van der Waals surface area (Å²) >= 11 is 0. The lowest BCUT2D eigenvalue weighted by molar-refractivity contribution is 0.186. The molecule has 2 aromatic rings. The van der Waals surface area contributed by atoms with E-state index in [1.807, 2.05) is 45.9 Å². The molecule has 0 unspecified atom stereocenters. The van der Waals surface area contributed by atoms with Gasteiger partial charge in [0, 0.05) is 12.7 Å². The van der Waals surface area contributed by atoms with E-state index in [2.05, 4.69) is 17.6 Å². The number of aliphatic hydroxyl groups excluding tert-OH is 2. The van der Waals surface area contributed by atoms with Crippen LogP contribution in [0.5, 0.6) is 0 Å².